The van der Waals surface area contributed by atoms with Crippen molar-refractivity contribution in [2.45, 2.75) is 130 Å². The maximum atomic E-state index is 13.1. The first-order valence-corrected chi connectivity index (χ1v) is 16.0. The molecule has 10 nitrogen and oxygen atoms in total. The second-order valence-corrected chi connectivity index (χ2v) is 12.6. The number of aliphatic hydroxyl groups excluding tert-OH is 3. The van der Waals surface area contributed by atoms with E-state index in [1.807, 2.05) is 40.7 Å². The topological polar surface area (TPSA) is 149 Å². The fraction of sp³-hybridized carbons (Fsp3) is 0.794. The molecule has 2 aliphatic rings. The van der Waals surface area contributed by atoms with Gasteiger partial charge in [-0.15, -0.1) is 0 Å². The van der Waals surface area contributed by atoms with Gasteiger partial charge >= 0.3 is 5.97 Å². The third kappa shape index (κ3) is 13.2. The molecule has 0 bridgehead atoms. The molecular formula is C34H58O10. The van der Waals surface area contributed by atoms with Gasteiger partial charge in [-0.2, -0.15) is 0 Å². The summed E-state index contributed by atoms with van der Waals surface area (Å²) in [6.07, 6.45) is 3.90. The van der Waals surface area contributed by atoms with E-state index in [9.17, 15) is 24.9 Å². The number of rotatable bonds is 7. The predicted octanol–water partition coefficient (Wildman–Crippen LogP) is 4.18. The largest absolute Gasteiger partial charge is 0.462 e. The zero-order valence-electron chi connectivity index (χ0n) is 28.2. The highest BCUT2D eigenvalue weighted by molar-refractivity contribution is 5.91. The molecule has 1 aliphatic carbocycles. The first kappa shape index (κ1) is 40.1. The van der Waals surface area contributed by atoms with Crippen LogP contribution < -0.4 is 0 Å². The number of hydrogen-bond acceptors (Lipinski definition) is 10. The molecule has 3 N–H and O–H groups in total. The number of carbonyl (C=O) groups is 3. The SMILES string of the molecule is CC=O.CC[C@H]1OC(=O)C[C@@H](O)C(C)C(OC(C)O)C(C)CC(C)C(=O)/C=C/C(C)=C/C1COC1CC(C)C(O)CC1OC. The summed E-state index contributed by atoms with van der Waals surface area (Å²) in [7, 11) is 1.61. The van der Waals surface area contributed by atoms with Gasteiger partial charge in [0.25, 0.3) is 0 Å². The Bertz CT molecular complexity index is 931. The molecule has 0 aromatic carbocycles. The monoisotopic (exact) mass is 626 g/mol. The highest BCUT2D eigenvalue weighted by atomic mass is 16.6. The normalized spacial score (nSPS) is 38.7. The van der Waals surface area contributed by atoms with Crippen LogP contribution in [0.2, 0.25) is 0 Å². The van der Waals surface area contributed by atoms with Crippen molar-refractivity contribution >= 4 is 18.0 Å². The average molecular weight is 627 g/mol. The molecule has 0 saturated heterocycles. The van der Waals surface area contributed by atoms with E-state index in [1.54, 1.807) is 26.2 Å². The standard InChI is InChI=1S/C32H54O9.C2H4O/c1-9-28-24(17-39-30-14-20(4)26(35)15-29(30)38-8)12-18(2)10-11-25(34)19(3)13-21(5)32(40-23(7)33)22(6)27(36)16-31(37)41-28;1-2-3/h10-12,19-24,26-30,32-33,35-36H,9,13-17H2,1-8H3;2H,1H3/b11-10+,18-12+;/t19?,20?,21?,22?,23?,24?,26?,27-,28-,29?,30?,32?;/m1./s1. The van der Waals surface area contributed by atoms with Crippen molar-refractivity contribution in [3.63, 3.8) is 0 Å². The fourth-order valence-electron chi connectivity index (χ4n) is 6.07. The minimum absolute atomic E-state index is 0.0235. The van der Waals surface area contributed by atoms with Crippen LogP contribution in [0.4, 0.5) is 0 Å². The summed E-state index contributed by atoms with van der Waals surface area (Å²) in [4.78, 5) is 34.9. The van der Waals surface area contributed by atoms with E-state index >= 15 is 0 Å². The molecule has 0 radical (unpaired) electrons. The van der Waals surface area contributed by atoms with Gasteiger partial charge in [-0.3, -0.25) is 9.59 Å². The van der Waals surface area contributed by atoms with Crippen LogP contribution >= 0.6 is 0 Å². The summed E-state index contributed by atoms with van der Waals surface area (Å²) >= 11 is 0. The summed E-state index contributed by atoms with van der Waals surface area (Å²) in [5.74, 6) is -1.73. The summed E-state index contributed by atoms with van der Waals surface area (Å²) in [5, 5.41) is 31.3. The smallest absolute Gasteiger partial charge is 0.308 e. The van der Waals surface area contributed by atoms with Gasteiger partial charge in [-0.1, -0.05) is 52.3 Å². The van der Waals surface area contributed by atoms with E-state index in [2.05, 4.69) is 0 Å². The van der Waals surface area contributed by atoms with E-state index < -0.39 is 42.6 Å². The number of allylic oxidation sites excluding steroid dienone is 3. The van der Waals surface area contributed by atoms with Crippen LogP contribution in [-0.2, 0) is 33.3 Å². The van der Waals surface area contributed by atoms with Crippen molar-refractivity contribution in [2.75, 3.05) is 13.7 Å². The first-order chi connectivity index (χ1) is 20.7. The maximum absolute atomic E-state index is 13.1. The molecule has 44 heavy (non-hydrogen) atoms. The maximum Gasteiger partial charge on any atom is 0.308 e. The van der Waals surface area contributed by atoms with Crippen molar-refractivity contribution in [3.8, 4) is 0 Å². The quantitative estimate of drug-likeness (QED) is 0.213. The van der Waals surface area contributed by atoms with Crippen LogP contribution in [0.3, 0.4) is 0 Å². The Morgan fingerprint density at radius 1 is 1.02 bits per heavy atom. The fourth-order valence-corrected chi connectivity index (χ4v) is 6.07. The summed E-state index contributed by atoms with van der Waals surface area (Å²) < 4.78 is 23.6. The van der Waals surface area contributed by atoms with Crippen molar-refractivity contribution in [2.24, 2.45) is 29.6 Å². The van der Waals surface area contributed by atoms with Gasteiger partial charge in [-0.05, 0) is 57.9 Å². The number of aldehydes is 1. The molecule has 0 amide bonds. The van der Waals surface area contributed by atoms with Crippen molar-refractivity contribution < 1.29 is 48.7 Å². The van der Waals surface area contributed by atoms with Crippen molar-refractivity contribution in [1.82, 2.24) is 0 Å². The number of cyclic esters (lactones) is 1. The van der Waals surface area contributed by atoms with E-state index in [0.717, 1.165) is 11.9 Å². The lowest BCUT2D eigenvalue weighted by molar-refractivity contribution is -0.173. The van der Waals surface area contributed by atoms with Gasteiger partial charge in [0.2, 0.25) is 0 Å². The summed E-state index contributed by atoms with van der Waals surface area (Å²) in [5.41, 5.74) is 0.841. The molecule has 1 saturated carbocycles. The molecule has 10 heteroatoms. The van der Waals surface area contributed by atoms with Gasteiger partial charge < -0.3 is 39.1 Å². The Hall–Kier alpha value is -1.95. The van der Waals surface area contributed by atoms with E-state index in [-0.39, 0.29) is 54.7 Å². The van der Waals surface area contributed by atoms with Crippen LogP contribution in [-0.4, -0.2) is 90.0 Å². The minimum Gasteiger partial charge on any atom is -0.462 e. The zero-order valence-corrected chi connectivity index (χ0v) is 28.2. The summed E-state index contributed by atoms with van der Waals surface area (Å²) in [6, 6.07) is 0. The highest BCUT2D eigenvalue weighted by Crippen LogP contribution is 2.31. The lowest BCUT2D eigenvalue weighted by Gasteiger charge is -2.38. The highest BCUT2D eigenvalue weighted by Gasteiger charge is 2.37. The van der Waals surface area contributed by atoms with Crippen LogP contribution in [0.5, 0.6) is 0 Å². The third-order valence-electron chi connectivity index (χ3n) is 8.73. The molecule has 0 aromatic rings. The predicted molar refractivity (Wildman–Crippen MR) is 168 cm³/mol. The molecule has 1 aliphatic heterocycles. The molecule has 254 valence electrons. The van der Waals surface area contributed by atoms with Gasteiger partial charge in [0.15, 0.2) is 12.1 Å². The zero-order chi connectivity index (χ0) is 33.6. The van der Waals surface area contributed by atoms with Gasteiger partial charge in [0, 0.05) is 31.3 Å². The summed E-state index contributed by atoms with van der Waals surface area (Å²) in [6.45, 7) is 14.6. The molecule has 10 unspecified atom stereocenters. The van der Waals surface area contributed by atoms with E-state index in [0.29, 0.717) is 25.7 Å². The van der Waals surface area contributed by atoms with Crippen LogP contribution in [0.1, 0.15) is 87.5 Å². The molecule has 0 aromatic heterocycles. The molecule has 1 fully saturated rings. The third-order valence-corrected chi connectivity index (χ3v) is 8.73. The van der Waals surface area contributed by atoms with Gasteiger partial charge in [0.05, 0.1) is 43.5 Å². The Morgan fingerprint density at radius 2 is 1.66 bits per heavy atom. The van der Waals surface area contributed by atoms with Crippen LogP contribution in [0.15, 0.2) is 23.8 Å². The minimum atomic E-state index is -1.06. The van der Waals surface area contributed by atoms with Gasteiger partial charge in [0.1, 0.15) is 12.4 Å². The number of hydrogen-bond donors (Lipinski definition) is 3. The van der Waals surface area contributed by atoms with E-state index in [1.165, 1.54) is 13.8 Å². The molecule has 2 rings (SSSR count). The Kier molecular flexibility index (Phi) is 18.4. The number of methoxy groups -OCH3 is 1. The molecule has 1 heterocycles. The van der Waals surface area contributed by atoms with Crippen molar-refractivity contribution in [3.05, 3.63) is 23.8 Å². The molecular weight excluding hydrogens is 568 g/mol. The van der Waals surface area contributed by atoms with E-state index in [4.69, 9.17) is 23.7 Å². The van der Waals surface area contributed by atoms with Crippen LogP contribution in [0.25, 0.3) is 0 Å². The lowest BCUT2D eigenvalue weighted by atomic mass is 9.82. The van der Waals surface area contributed by atoms with Gasteiger partial charge in [-0.25, -0.2) is 0 Å². The number of aliphatic hydroxyl groups is 3. The number of esters is 1. The molecule has 0 spiro atoms. The number of carbonyl (C=O) groups excluding carboxylic acids is 3. The number of ketones is 1. The Morgan fingerprint density at radius 3 is 2.23 bits per heavy atom. The van der Waals surface area contributed by atoms with Crippen molar-refractivity contribution in [1.29, 1.82) is 0 Å². The second-order valence-electron chi connectivity index (χ2n) is 12.6. The van der Waals surface area contributed by atoms with Crippen LogP contribution in [0, 0.1) is 29.6 Å². The second kappa shape index (κ2) is 20.2. The molecule has 12 atom stereocenters. The Labute approximate surface area is 264 Å². The first-order valence-electron chi connectivity index (χ1n) is 16.0. The Balaban J connectivity index is 0.00000309. The number of ether oxygens (including phenoxy) is 4. The lowest BCUT2D eigenvalue weighted by Crippen LogP contribution is -2.44. The average Bonchev–Trinajstić information content (AvgIpc) is 2.96.